The number of hydrogen-bond acceptors (Lipinski definition) is 5. The van der Waals surface area contributed by atoms with Gasteiger partial charge in [-0.15, -0.1) is 10.2 Å². The maximum Gasteiger partial charge on any atom is 0.254 e. The molecular formula is C22H21FN4O2S. The van der Waals surface area contributed by atoms with Crippen LogP contribution >= 0.6 is 11.3 Å². The van der Waals surface area contributed by atoms with E-state index in [1.54, 1.807) is 17.0 Å². The molecule has 2 heterocycles. The standard InChI is InChI=1S/C22H21FN4O2S/c1-2-14-5-7-16(8-6-14)21(29)27-13-3-4-18(27)19(28)24-22-26-25-20(30-22)15-9-11-17(23)12-10-15/h5-12,18H,2-4,13H2,1H3,(H,24,26,28). The molecule has 2 amide bonds. The quantitative estimate of drug-likeness (QED) is 0.668. The number of hydrogen-bond donors (Lipinski definition) is 1. The number of anilines is 1. The Hall–Kier alpha value is -3.13. The molecule has 1 N–H and O–H groups in total. The molecule has 30 heavy (non-hydrogen) atoms. The number of carbonyl (C=O) groups is 2. The average molecular weight is 425 g/mol. The molecule has 0 radical (unpaired) electrons. The van der Waals surface area contributed by atoms with Gasteiger partial charge in [0.2, 0.25) is 11.0 Å². The number of carbonyl (C=O) groups excluding carboxylic acids is 2. The highest BCUT2D eigenvalue weighted by molar-refractivity contribution is 7.18. The first-order chi connectivity index (χ1) is 14.5. The molecule has 1 fully saturated rings. The van der Waals surface area contributed by atoms with Gasteiger partial charge in [-0.1, -0.05) is 30.4 Å². The molecule has 1 aliphatic heterocycles. The molecule has 0 bridgehead atoms. The van der Waals surface area contributed by atoms with E-state index in [0.717, 1.165) is 24.0 Å². The summed E-state index contributed by atoms with van der Waals surface area (Å²) < 4.78 is 13.1. The minimum Gasteiger partial charge on any atom is -0.327 e. The van der Waals surface area contributed by atoms with Gasteiger partial charge >= 0.3 is 0 Å². The van der Waals surface area contributed by atoms with Crippen LogP contribution in [0.5, 0.6) is 0 Å². The largest absolute Gasteiger partial charge is 0.327 e. The molecular weight excluding hydrogens is 403 g/mol. The third kappa shape index (κ3) is 4.23. The lowest BCUT2D eigenvalue weighted by Crippen LogP contribution is -2.43. The average Bonchev–Trinajstić information content (AvgIpc) is 3.44. The van der Waals surface area contributed by atoms with Crippen molar-refractivity contribution >= 4 is 28.3 Å². The summed E-state index contributed by atoms with van der Waals surface area (Å²) in [7, 11) is 0. The molecule has 1 saturated heterocycles. The van der Waals surface area contributed by atoms with Crippen molar-refractivity contribution < 1.29 is 14.0 Å². The summed E-state index contributed by atoms with van der Waals surface area (Å²) in [5.41, 5.74) is 2.47. The van der Waals surface area contributed by atoms with Crippen LogP contribution in [0.4, 0.5) is 9.52 Å². The van der Waals surface area contributed by atoms with Gasteiger partial charge in [0.15, 0.2) is 0 Å². The molecule has 0 spiro atoms. The van der Waals surface area contributed by atoms with Crippen LogP contribution in [0.3, 0.4) is 0 Å². The first kappa shape index (κ1) is 20.2. The summed E-state index contributed by atoms with van der Waals surface area (Å²) in [5.74, 6) is -0.737. The normalized spacial score (nSPS) is 15.9. The fraction of sp³-hybridized carbons (Fsp3) is 0.273. The second-order valence-corrected chi connectivity index (χ2v) is 8.09. The number of likely N-dealkylation sites (tertiary alicyclic amines) is 1. The molecule has 2 aromatic carbocycles. The van der Waals surface area contributed by atoms with Crippen molar-refractivity contribution in [1.82, 2.24) is 15.1 Å². The Morgan fingerprint density at radius 2 is 1.87 bits per heavy atom. The summed E-state index contributed by atoms with van der Waals surface area (Å²) in [4.78, 5) is 27.4. The van der Waals surface area contributed by atoms with Crippen LogP contribution in [-0.2, 0) is 11.2 Å². The number of nitrogens with zero attached hydrogens (tertiary/aromatic N) is 3. The first-order valence-corrected chi connectivity index (χ1v) is 10.7. The lowest BCUT2D eigenvalue weighted by atomic mass is 10.1. The van der Waals surface area contributed by atoms with E-state index in [9.17, 15) is 14.0 Å². The van der Waals surface area contributed by atoms with Gasteiger partial charge in [0.25, 0.3) is 5.91 Å². The number of aromatic nitrogens is 2. The summed E-state index contributed by atoms with van der Waals surface area (Å²) in [5, 5.41) is 11.8. The van der Waals surface area contributed by atoms with Crippen molar-refractivity contribution in [3.05, 3.63) is 65.5 Å². The Bertz CT molecular complexity index is 1050. The predicted octanol–water partition coefficient (Wildman–Crippen LogP) is 4.15. The van der Waals surface area contributed by atoms with Gasteiger partial charge in [-0.25, -0.2) is 4.39 Å². The minimum absolute atomic E-state index is 0.139. The van der Waals surface area contributed by atoms with E-state index < -0.39 is 6.04 Å². The number of halogens is 1. The lowest BCUT2D eigenvalue weighted by Gasteiger charge is -2.23. The zero-order valence-electron chi connectivity index (χ0n) is 16.5. The summed E-state index contributed by atoms with van der Waals surface area (Å²) in [6, 6.07) is 12.9. The molecule has 154 valence electrons. The van der Waals surface area contributed by atoms with Gasteiger partial charge in [-0.3, -0.25) is 14.9 Å². The SMILES string of the molecule is CCc1ccc(C(=O)N2CCCC2C(=O)Nc2nnc(-c3ccc(F)cc3)s2)cc1. The number of amides is 2. The Morgan fingerprint density at radius 3 is 2.57 bits per heavy atom. The van der Waals surface area contributed by atoms with E-state index in [4.69, 9.17) is 0 Å². The van der Waals surface area contributed by atoms with Crippen LogP contribution in [-0.4, -0.2) is 39.5 Å². The van der Waals surface area contributed by atoms with E-state index in [-0.39, 0.29) is 17.6 Å². The molecule has 0 aliphatic carbocycles. The smallest absolute Gasteiger partial charge is 0.254 e. The zero-order chi connectivity index (χ0) is 21.1. The van der Waals surface area contributed by atoms with Gasteiger partial charge < -0.3 is 4.90 Å². The van der Waals surface area contributed by atoms with Gasteiger partial charge in [-0.2, -0.15) is 0 Å². The van der Waals surface area contributed by atoms with Crippen molar-refractivity contribution in [3.63, 3.8) is 0 Å². The monoisotopic (exact) mass is 424 g/mol. The molecule has 4 rings (SSSR count). The highest BCUT2D eigenvalue weighted by Crippen LogP contribution is 2.28. The maximum atomic E-state index is 13.1. The van der Waals surface area contributed by atoms with Crippen LogP contribution in [0.15, 0.2) is 48.5 Å². The van der Waals surface area contributed by atoms with Gasteiger partial charge in [0, 0.05) is 17.7 Å². The van der Waals surface area contributed by atoms with Gasteiger partial charge in [0.05, 0.1) is 0 Å². The number of nitrogens with one attached hydrogen (secondary N) is 1. The van der Waals surface area contributed by atoms with Crippen LogP contribution in [0, 0.1) is 5.82 Å². The van der Waals surface area contributed by atoms with E-state index in [0.29, 0.717) is 28.7 Å². The third-order valence-corrected chi connectivity index (χ3v) is 6.06. The maximum absolute atomic E-state index is 13.1. The Labute approximate surface area is 177 Å². The van der Waals surface area contributed by atoms with Crippen molar-refractivity contribution in [1.29, 1.82) is 0 Å². The Kier molecular flexibility index (Phi) is 5.85. The van der Waals surface area contributed by atoms with Gasteiger partial charge in [0.1, 0.15) is 16.9 Å². The van der Waals surface area contributed by atoms with Crippen molar-refractivity contribution in [2.45, 2.75) is 32.2 Å². The topological polar surface area (TPSA) is 75.2 Å². The minimum atomic E-state index is -0.540. The van der Waals surface area contributed by atoms with E-state index in [1.807, 2.05) is 24.3 Å². The van der Waals surface area contributed by atoms with E-state index >= 15 is 0 Å². The highest BCUT2D eigenvalue weighted by atomic mass is 32.1. The van der Waals surface area contributed by atoms with Crippen molar-refractivity contribution in [3.8, 4) is 10.6 Å². The molecule has 6 nitrogen and oxygen atoms in total. The van der Waals surface area contributed by atoms with Crippen LogP contribution in [0.2, 0.25) is 0 Å². The van der Waals surface area contributed by atoms with Crippen molar-refractivity contribution in [2.24, 2.45) is 0 Å². The second kappa shape index (κ2) is 8.71. The molecule has 1 atom stereocenters. The third-order valence-electron chi connectivity index (χ3n) is 5.17. The highest BCUT2D eigenvalue weighted by Gasteiger charge is 2.35. The number of aryl methyl sites for hydroxylation is 1. The van der Waals surface area contributed by atoms with E-state index in [2.05, 4.69) is 22.4 Å². The van der Waals surface area contributed by atoms with Crippen LogP contribution < -0.4 is 5.32 Å². The summed E-state index contributed by atoms with van der Waals surface area (Å²) in [6.45, 7) is 2.61. The second-order valence-electron chi connectivity index (χ2n) is 7.12. The predicted molar refractivity (Wildman–Crippen MR) is 114 cm³/mol. The Morgan fingerprint density at radius 1 is 1.13 bits per heavy atom. The molecule has 8 heteroatoms. The fourth-order valence-electron chi connectivity index (χ4n) is 3.50. The molecule has 3 aromatic rings. The summed E-state index contributed by atoms with van der Waals surface area (Å²) >= 11 is 1.21. The molecule has 1 aliphatic rings. The van der Waals surface area contributed by atoms with Gasteiger partial charge in [-0.05, 0) is 61.2 Å². The molecule has 0 saturated carbocycles. The lowest BCUT2D eigenvalue weighted by molar-refractivity contribution is -0.119. The van der Waals surface area contributed by atoms with Crippen molar-refractivity contribution in [2.75, 3.05) is 11.9 Å². The molecule has 1 aromatic heterocycles. The van der Waals surface area contributed by atoms with Crippen LogP contribution in [0.1, 0.15) is 35.7 Å². The zero-order valence-corrected chi connectivity index (χ0v) is 17.3. The molecule has 1 unspecified atom stereocenters. The number of benzene rings is 2. The summed E-state index contributed by atoms with van der Waals surface area (Å²) in [6.07, 6.45) is 2.28. The van der Waals surface area contributed by atoms with E-state index in [1.165, 1.54) is 23.5 Å². The Balaban J connectivity index is 1.44. The fourth-order valence-corrected chi connectivity index (χ4v) is 4.25. The number of rotatable bonds is 5. The first-order valence-electron chi connectivity index (χ1n) is 9.85. The van der Waals surface area contributed by atoms with Crippen LogP contribution in [0.25, 0.3) is 10.6 Å².